The van der Waals surface area contributed by atoms with Gasteiger partial charge in [-0.25, -0.2) is 9.78 Å². The molecule has 1 aromatic rings. The number of likely N-dealkylation sites (tertiary alicyclic amines) is 1. The molecule has 0 unspecified atom stereocenters. The Morgan fingerprint density at radius 3 is 2.56 bits per heavy atom. The van der Waals surface area contributed by atoms with Crippen molar-refractivity contribution in [3.05, 3.63) is 16.7 Å². The molecule has 0 aliphatic carbocycles. The fourth-order valence-corrected chi connectivity index (χ4v) is 2.89. The Balaban J connectivity index is 1.93. The van der Waals surface area contributed by atoms with E-state index in [1.807, 2.05) is 20.8 Å². The molecule has 7 nitrogen and oxygen atoms in total. The van der Waals surface area contributed by atoms with Crippen LogP contribution in [0.25, 0.3) is 0 Å². The van der Waals surface area contributed by atoms with Gasteiger partial charge in [-0.15, -0.1) is 0 Å². The SMILES string of the molecule is CC(C)(C)C(=O)Nc1cc(NCC2CCN(C(=O)O)CC2)c(Br)cn1. The maximum absolute atomic E-state index is 12.1. The molecule has 2 rings (SSSR count). The summed E-state index contributed by atoms with van der Waals surface area (Å²) in [7, 11) is 0. The predicted molar refractivity (Wildman–Crippen MR) is 101 cm³/mol. The van der Waals surface area contributed by atoms with E-state index in [1.54, 1.807) is 12.3 Å². The number of halogens is 1. The van der Waals surface area contributed by atoms with Crippen molar-refractivity contribution in [1.29, 1.82) is 0 Å². The molecule has 1 saturated heterocycles. The second-order valence-corrected chi connectivity index (χ2v) is 8.20. The number of anilines is 2. The van der Waals surface area contributed by atoms with Crippen molar-refractivity contribution in [2.45, 2.75) is 33.6 Å². The van der Waals surface area contributed by atoms with Gasteiger partial charge in [0.15, 0.2) is 0 Å². The second kappa shape index (κ2) is 8.03. The number of pyridine rings is 1. The lowest BCUT2D eigenvalue weighted by Gasteiger charge is -2.30. The topological polar surface area (TPSA) is 94.6 Å². The molecule has 0 radical (unpaired) electrons. The maximum atomic E-state index is 12.1. The molecule has 1 aromatic heterocycles. The van der Waals surface area contributed by atoms with E-state index in [-0.39, 0.29) is 5.91 Å². The fraction of sp³-hybridized carbons (Fsp3) is 0.588. The highest BCUT2D eigenvalue weighted by atomic mass is 79.9. The van der Waals surface area contributed by atoms with E-state index in [0.29, 0.717) is 24.8 Å². The summed E-state index contributed by atoms with van der Waals surface area (Å²) in [6.45, 7) is 7.46. The molecule has 0 saturated carbocycles. The van der Waals surface area contributed by atoms with E-state index in [0.717, 1.165) is 29.5 Å². The molecule has 3 N–H and O–H groups in total. The van der Waals surface area contributed by atoms with Gasteiger partial charge in [-0.3, -0.25) is 4.79 Å². The number of amides is 2. The fourth-order valence-electron chi connectivity index (χ4n) is 2.53. The van der Waals surface area contributed by atoms with E-state index in [2.05, 4.69) is 31.5 Å². The molecule has 1 aliphatic rings. The Morgan fingerprint density at radius 1 is 1.36 bits per heavy atom. The molecule has 1 aliphatic heterocycles. The van der Waals surface area contributed by atoms with Crippen molar-refractivity contribution in [2.75, 3.05) is 30.3 Å². The van der Waals surface area contributed by atoms with Crippen LogP contribution in [0.3, 0.4) is 0 Å². The monoisotopic (exact) mass is 412 g/mol. The Bertz CT molecular complexity index is 637. The minimum Gasteiger partial charge on any atom is -0.465 e. The van der Waals surface area contributed by atoms with Crippen LogP contribution < -0.4 is 10.6 Å². The number of nitrogens with one attached hydrogen (secondary N) is 2. The molecule has 0 aromatic carbocycles. The summed E-state index contributed by atoms with van der Waals surface area (Å²) in [5.74, 6) is 0.837. The summed E-state index contributed by atoms with van der Waals surface area (Å²) in [5, 5.41) is 15.2. The van der Waals surface area contributed by atoms with Crippen LogP contribution in [0.5, 0.6) is 0 Å². The summed E-state index contributed by atoms with van der Waals surface area (Å²) in [4.78, 5) is 28.7. The van der Waals surface area contributed by atoms with Gasteiger partial charge < -0.3 is 20.6 Å². The van der Waals surface area contributed by atoms with Crippen LogP contribution in [0.15, 0.2) is 16.7 Å². The number of rotatable bonds is 4. The first-order chi connectivity index (χ1) is 11.7. The van der Waals surface area contributed by atoms with Crippen LogP contribution in [0.2, 0.25) is 0 Å². The third kappa shape index (κ3) is 5.59. The van der Waals surface area contributed by atoms with Crippen molar-refractivity contribution >= 4 is 39.4 Å². The zero-order valence-electron chi connectivity index (χ0n) is 14.8. The number of carbonyl (C=O) groups excluding carboxylic acids is 1. The lowest BCUT2D eigenvalue weighted by molar-refractivity contribution is -0.123. The van der Waals surface area contributed by atoms with Gasteiger partial charge >= 0.3 is 6.09 Å². The molecule has 0 bridgehead atoms. The number of aromatic nitrogens is 1. The lowest BCUT2D eigenvalue weighted by atomic mass is 9.96. The van der Waals surface area contributed by atoms with Crippen LogP contribution in [0.4, 0.5) is 16.3 Å². The molecule has 0 atom stereocenters. The zero-order chi connectivity index (χ0) is 18.6. The number of hydrogen-bond acceptors (Lipinski definition) is 4. The van der Waals surface area contributed by atoms with Crippen molar-refractivity contribution in [3.8, 4) is 0 Å². The van der Waals surface area contributed by atoms with Crippen LogP contribution in [0.1, 0.15) is 33.6 Å². The van der Waals surface area contributed by atoms with E-state index < -0.39 is 11.5 Å². The van der Waals surface area contributed by atoms with Gasteiger partial charge in [0.25, 0.3) is 0 Å². The quantitative estimate of drug-likeness (QED) is 0.701. The first-order valence-corrected chi connectivity index (χ1v) is 9.15. The third-order valence-electron chi connectivity index (χ3n) is 4.24. The van der Waals surface area contributed by atoms with Gasteiger partial charge in [0.1, 0.15) is 5.82 Å². The zero-order valence-corrected chi connectivity index (χ0v) is 16.4. The van der Waals surface area contributed by atoms with Crippen molar-refractivity contribution in [2.24, 2.45) is 11.3 Å². The molecule has 1 fully saturated rings. The average molecular weight is 413 g/mol. The number of nitrogens with zero attached hydrogens (tertiary/aromatic N) is 2. The number of carbonyl (C=O) groups is 2. The summed E-state index contributed by atoms with van der Waals surface area (Å²) in [5.41, 5.74) is 0.375. The predicted octanol–water partition coefficient (Wildman–Crippen LogP) is 3.63. The first kappa shape index (κ1) is 19.5. The van der Waals surface area contributed by atoms with E-state index >= 15 is 0 Å². The number of carboxylic acid groups (broad SMARTS) is 1. The molecule has 2 heterocycles. The van der Waals surface area contributed by atoms with Crippen molar-refractivity contribution < 1.29 is 14.7 Å². The Kier molecular flexibility index (Phi) is 6.26. The highest BCUT2D eigenvalue weighted by Crippen LogP contribution is 2.26. The van der Waals surface area contributed by atoms with Gasteiger partial charge in [-0.2, -0.15) is 0 Å². The van der Waals surface area contributed by atoms with Gasteiger partial charge in [0.05, 0.1) is 10.2 Å². The van der Waals surface area contributed by atoms with E-state index in [9.17, 15) is 9.59 Å². The van der Waals surface area contributed by atoms with E-state index in [4.69, 9.17) is 5.11 Å². The largest absolute Gasteiger partial charge is 0.465 e. The standard InChI is InChI=1S/C17H25BrN4O3/c1-17(2,3)15(23)21-14-8-13(12(18)10-20-14)19-9-11-4-6-22(7-5-11)16(24)25/h8,10-11H,4-7,9H2,1-3H3,(H,24,25)(H2,19,20,21,23). The Morgan fingerprint density at radius 2 is 2.00 bits per heavy atom. The summed E-state index contributed by atoms with van der Waals surface area (Å²) >= 11 is 3.47. The highest BCUT2D eigenvalue weighted by molar-refractivity contribution is 9.10. The number of hydrogen-bond donors (Lipinski definition) is 3. The third-order valence-corrected chi connectivity index (χ3v) is 4.88. The molecule has 138 valence electrons. The molecule has 2 amide bonds. The summed E-state index contributed by atoms with van der Waals surface area (Å²) < 4.78 is 0.823. The van der Waals surface area contributed by atoms with Crippen molar-refractivity contribution in [3.63, 3.8) is 0 Å². The van der Waals surface area contributed by atoms with Gasteiger partial charge in [0.2, 0.25) is 5.91 Å². The van der Waals surface area contributed by atoms with Crippen LogP contribution in [-0.2, 0) is 4.79 Å². The Hall–Kier alpha value is -1.83. The molecule has 0 spiro atoms. The van der Waals surface area contributed by atoms with Crippen LogP contribution >= 0.6 is 15.9 Å². The first-order valence-electron chi connectivity index (χ1n) is 8.35. The lowest BCUT2D eigenvalue weighted by Crippen LogP contribution is -2.39. The van der Waals surface area contributed by atoms with Crippen LogP contribution in [-0.4, -0.2) is 46.6 Å². The molecule has 8 heteroatoms. The Labute approximate surface area is 156 Å². The average Bonchev–Trinajstić information content (AvgIpc) is 2.54. The second-order valence-electron chi connectivity index (χ2n) is 7.35. The molecular formula is C17H25BrN4O3. The van der Waals surface area contributed by atoms with Crippen LogP contribution in [0, 0.1) is 11.3 Å². The molecule has 25 heavy (non-hydrogen) atoms. The van der Waals surface area contributed by atoms with E-state index in [1.165, 1.54) is 4.90 Å². The maximum Gasteiger partial charge on any atom is 0.407 e. The minimum absolute atomic E-state index is 0.0886. The van der Waals surface area contributed by atoms with Crippen molar-refractivity contribution in [1.82, 2.24) is 9.88 Å². The van der Waals surface area contributed by atoms with Gasteiger partial charge in [0, 0.05) is 37.3 Å². The smallest absolute Gasteiger partial charge is 0.407 e. The number of piperidine rings is 1. The van der Waals surface area contributed by atoms with Gasteiger partial charge in [-0.1, -0.05) is 20.8 Å². The summed E-state index contributed by atoms with van der Waals surface area (Å²) in [6.07, 6.45) is 2.50. The van der Waals surface area contributed by atoms with Gasteiger partial charge in [-0.05, 0) is 34.7 Å². The molecular weight excluding hydrogens is 388 g/mol. The normalized spacial score (nSPS) is 15.8. The highest BCUT2D eigenvalue weighted by Gasteiger charge is 2.23. The summed E-state index contributed by atoms with van der Waals surface area (Å²) in [6, 6.07) is 1.81. The minimum atomic E-state index is -0.845.